The molecule has 0 aliphatic carbocycles. The molecule has 5 nitrogen and oxygen atoms in total. The van der Waals surface area contributed by atoms with Crippen molar-refractivity contribution in [3.05, 3.63) is 41.2 Å². The normalized spacial score (nSPS) is 21.8. The Morgan fingerprint density at radius 2 is 1.80 bits per heavy atom. The minimum Gasteiger partial charge on any atom is -0.394 e. The summed E-state index contributed by atoms with van der Waals surface area (Å²) >= 11 is 0. The predicted molar refractivity (Wildman–Crippen MR) is 69.4 cm³/mol. The number of amides is 4. The molecule has 2 rings (SSSR count). The van der Waals surface area contributed by atoms with E-state index in [4.69, 9.17) is 0 Å². The standard InChI is InChI=1S/C14H16N2O3.Na/c1-2-14(9-8-10-6-4-3-5-7-10)11(17)15-13(19)16-12(14)18;/h3-7H,2,8-9H2,1H3,(H2,15,16,17,18,19);/q;+1/p-1. The van der Waals surface area contributed by atoms with Gasteiger partial charge >= 0.3 is 29.6 Å². The van der Waals surface area contributed by atoms with E-state index in [0.717, 1.165) is 5.56 Å². The molecule has 4 amide bonds. The zero-order valence-corrected chi connectivity index (χ0v) is 13.7. The number of aryl methyl sites for hydroxylation is 1. The molecule has 0 spiro atoms. The number of imide groups is 2. The molecule has 1 unspecified atom stereocenters. The molecule has 1 aliphatic rings. The Labute approximate surface area is 139 Å². The van der Waals surface area contributed by atoms with Gasteiger partial charge < -0.3 is 10.6 Å². The average Bonchev–Trinajstić information content (AvgIpc) is 2.39. The van der Waals surface area contributed by atoms with Crippen molar-refractivity contribution >= 4 is 17.8 Å². The molecule has 6 heteroatoms. The van der Waals surface area contributed by atoms with Crippen LogP contribution in [0.2, 0.25) is 0 Å². The van der Waals surface area contributed by atoms with E-state index in [-0.39, 0.29) is 29.6 Å². The second-order valence-corrected chi connectivity index (χ2v) is 4.60. The van der Waals surface area contributed by atoms with Crippen molar-refractivity contribution in [3.63, 3.8) is 0 Å². The Morgan fingerprint density at radius 1 is 1.15 bits per heavy atom. The van der Waals surface area contributed by atoms with Crippen LogP contribution in [0.25, 0.3) is 5.32 Å². The number of rotatable bonds is 4. The molecule has 0 radical (unpaired) electrons. The third-order valence-corrected chi connectivity index (χ3v) is 3.55. The number of hydrogen-bond acceptors (Lipinski definition) is 3. The second kappa shape index (κ2) is 7.02. The minimum atomic E-state index is -1.20. The van der Waals surface area contributed by atoms with E-state index in [2.05, 4.69) is 10.6 Å². The van der Waals surface area contributed by atoms with Crippen LogP contribution in [0.5, 0.6) is 0 Å². The zero-order chi connectivity index (χ0) is 13.9. The summed E-state index contributed by atoms with van der Waals surface area (Å²) < 4.78 is 0. The van der Waals surface area contributed by atoms with Gasteiger partial charge in [-0.1, -0.05) is 37.3 Å². The van der Waals surface area contributed by atoms with Crippen LogP contribution in [0, 0.1) is 5.41 Å². The molecule has 1 N–H and O–H groups in total. The van der Waals surface area contributed by atoms with Crippen LogP contribution in [0.3, 0.4) is 0 Å². The van der Waals surface area contributed by atoms with E-state index in [1.54, 1.807) is 6.92 Å². The number of nitrogens with zero attached hydrogens (tertiary/aromatic N) is 1. The number of nitrogens with one attached hydrogen (secondary N) is 1. The molecule has 0 aromatic heterocycles. The van der Waals surface area contributed by atoms with Gasteiger partial charge in [0.05, 0.1) is 5.41 Å². The quantitative estimate of drug-likeness (QED) is 0.578. The summed E-state index contributed by atoms with van der Waals surface area (Å²) in [6, 6.07) is 8.74. The van der Waals surface area contributed by atoms with Gasteiger partial charge in [0.1, 0.15) is 0 Å². The Hall–Kier alpha value is -1.17. The first kappa shape index (κ1) is 16.9. The maximum absolute atomic E-state index is 12.0. The maximum atomic E-state index is 12.0. The SMILES string of the molecule is CCC1(CCc2ccccc2)C(=O)[N-]C(=O)NC1=O.[Na+]. The predicted octanol–water partition coefficient (Wildman–Crippen LogP) is -0.830. The van der Waals surface area contributed by atoms with Crippen molar-refractivity contribution in [2.45, 2.75) is 26.2 Å². The Bertz CT molecular complexity index is 496. The van der Waals surface area contributed by atoms with Crippen LogP contribution in [0.1, 0.15) is 25.3 Å². The van der Waals surface area contributed by atoms with Gasteiger partial charge in [0.15, 0.2) is 17.8 Å². The first-order chi connectivity index (χ1) is 9.08. The van der Waals surface area contributed by atoms with Gasteiger partial charge in [-0.15, -0.1) is 0 Å². The summed E-state index contributed by atoms with van der Waals surface area (Å²) in [6.07, 6.45) is 1.29. The molecule has 1 heterocycles. The smallest absolute Gasteiger partial charge is 0.394 e. The third kappa shape index (κ3) is 3.29. The first-order valence-electron chi connectivity index (χ1n) is 6.24. The van der Waals surface area contributed by atoms with Gasteiger partial charge in [0.2, 0.25) is 0 Å². The monoisotopic (exact) mass is 282 g/mol. The van der Waals surface area contributed by atoms with E-state index < -0.39 is 23.3 Å². The summed E-state index contributed by atoms with van der Waals surface area (Å²) in [5.74, 6) is -1.16. The van der Waals surface area contributed by atoms with Crippen LogP contribution < -0.4 is 34.9 Å². The molecule has 20 heavy (non-hydrogen) atoms. The number of urea groups is 1. The van der Waals surface area contributed by atoms with Gasteiger partial charge in [-0.2, -0.15) is 0 Å². The molecule has 1 aliphatic heterocycles. The van der Waals surface area contributed by atoms with Crippen LogP contribution in [-0.4, -0.2) is 17.8 Å². The number of carbonyl (C=O) groups is 3. The van der Waals surface area contributed by atoms with Gasteiger partial charge in [-0.05, 0) is 24.8 Å². The van der Waals surface area contributed by atoms with E-state index in [9.17, 15) is 14.4 Å². The molecular formula is C14H15N2NaO3. The fourth-order valence-corrected chi connectivity index (χ4v) is 2.25. The Morgan fingerprint density at radius 3 is 2.35 bits per heavy atom. The van der Waals surface area contributed by atoms with Crippen molar-refractivity contribution in [1.29, 1.82) is 0 Å². The van der Waals surface area contributed by atoms with Crippen molar-refractivity contribution in [1.82, 2.24) is 5.32 Å². The van der Waals surface area contributed by atoms with Gasteiger partial charge in [0.25, 0.3) is 0 Å². The summed E-state index contributed by atoms with van der Waals surface area (Å²) in [6.45, 7) is 1.76. The van der Waals surface area contributed by atoms with Gasteiger partial charge in [0, 0.05) is 0 Å². The van der Waals surface area contributed by atoms with Crippen molar-refractivity contribution in [2.75, 3.05) is 0 Å². The molecule has 100 valence electrons. The van der Waals surface area contributed by atoms with Crippen LogP contribution in [-0.2, 0) is 16.0 Å². The number of hydrogen-bond donors (Lipinski definition) is 1. The third-order valence-electron chi connectivity index (χ3n) is 3.55. The molecule has 1 aromatic carbocycles. The van der Waals surface area contributed by atoms with Gasteiger partial charge in [-0.25, -0.2) is 0 Å². The largest absolute Gasteiger partial charge is 1.00 e. The summed E-state index contributed by atoms with van der Waals surface area (Å²) in [7, 11) is 0. The van der Waals surface area contributed by atoms with Crippen LogP contribution in [0.15, 0.2) is 30.3 Å². The molecule has 1 fully saturated rings. The topological polar surface area (TPSA) is 77.3 Å². The van der Waals surface area contributed by atoms with Crippen LogP contribution in [0.4, 0.5) is 4.79 Å². The second-order valence-electron chi connectivity index (χ2n) is 4.60. The Balaban J connectivity index is 0.00000200. The summed E-state index contributed by atoms with van der Waals surface area (Å²) in [5.41, 5.74) is -0.156. The molecule has 1 atom stereocenters. The first-order valence-corrected chi connectivity index (χ1v) is 6.24. The molecule has 1 aromatic rings. The summed E-state index contributed by atoms with van der Waals surface area (Å²) in [4.78, 5) is 35.0. The molecule has 1 saturated heterocycles. The Kier molecular flexibility index (Phi) is 5.92. The van der Waals surface area contributed by atoms with E-state index in [1.165, 1.54) is 0 Å². The molecule has 0 saturated carbocycles. The van der Waals surface area contributed by atoms with E-state index in [1.807, 2.05) is 30.3 Å². The zero-order valence-electron chi connectivity index (χ0n) is 11.7. The van der Waals surface area contributed by atoms with E-state index in [0.29, 0.717) is 19.3 Å². The maximum Gasteiger partial charge on any atom is 1.00 e. The summed E-state index contributed by atoms with van der Waals surface area (Å²) in [5, 5.41) is 5.48. The minimum absolute atomic E-state index is 0. The van der Waals surface area contributed by atoms with Crippen molar-refractivity contribution < 1.29 is 43.9 Å². The fourth-order valence-electron chi connectivity index (χ4n) is 2.25. The molecule has 0 bridgehead atoms. The van der Waals surface area contributed by atoms with E-state index >= 15 is 0 Å². The van der Waals surface area contributed by atoms with Crippen LogP contribution >= 0.6 is 0 Å². The number of benzene rings is 1. The van der Waals surface area contributed by atoms with Crippen molar-refractivity contribution in [3.8, 4) is 0 Å². The number of barbiturate groups is 1. The van der Waals surface area contributed by atoms with Gasteiger partial charge in [-0.3, -0.25) is 14.4 Å². The molecular weight excluding hydrogens is 267 g/mol. The average molecular weight is 282 g/mol. The number of carbonyl (C=O) groups excluding carboxylic acids is 3. The van der Waals surface area contributed by atoms with Crippen molar-refractivity contribution in [2.24, 2.45) is 5.41 Å². The fraction of sp³-hybridized carbons (Fsp3) is 0.357.